The number of hydrogen-bond donors (Lipinski definition) is 1. The first kappa shape index (κ1) is 7.91. The Balaban J connectivity index is 2.62. The van der Waals surface area contributed by atoms with Gasteiger partial charge in [-0.2, -0.15) is 5.10 Å². The summed E-state index contributed by atoms with van der Waals surface area (Å²) in [4.78, 5) is 0. The molecular weight excluding hydrogens is 142 g/mol. The maximum absolute atomic E-state index is 5.44. The molecule has 4 nitrogen and oxygen atoms in total. The molecule has 0 atom stereocenters. The molecule has 2 N–H and O–H groups in total. The first-order valence-electron chi connectivity index (χ1n) is 3.66. The smallest absolute Gasteiger partial charge is 0.213 e. The molecule has 0 saturated heterocycles. The predicted molar refractivity (Wildman–Crippen MR) is 43.4 cm³/mol. The molecule has 0 radical (unpaired) electrons. The lowest BCUT2D eigenvalue weighted by atomic mass is 10.5. The van der Waals surface area contributed by atoms with E-state index in [0.717, 1.165) is 12.3 Å². The lowest BCUT2D eigenvalue weighted by Crippen LogP contribution is -2.00. The van der Waals surface area contributed by atoms with E-state index in [-0.39, 0.29) is 0 Å². The Labute approximate surface area is 66.0 Å². The van der Waals surface area contributed by atoms with Gasteiger partial charge in [0.05, 0.1) is 6.61 Å². The second kappa shape index (κ2) is 3.27. The fourth-order valence-electron chi connectivity index (χ4n) is 0.813. The van der Waals surface area contributed by atoms with Crippen LogP contribution in [0, 0.1) is 0 Å². The molecule has 0 saturated carbocycles. The van der Waals surface area contributed by atoms with Gasteiger partial charge in [-0.05, 0) is 6.42 Å². The zero-order valence-corrected chi connectivity index (χ0v) is 6.87. The summed E-state index contributed by atoms with van der Waals surface area (Å²) >= 11 is 0. The Kier molecular flexibility index (Phi) is 2.36. The number of aromatic nitrogens is 2. The minimum atomic E-state index is 0.499. The zero-order valence-electron chi connectivity index (χ0n) is 6.87. The SMILES string of the molecule is CCCOc1cc(N)nn1C. The van der Waals surface area contributed by atoms with Crippen LogP contribution in [0.15, 0.2) is 6.07 Å². The lowest BCUT2D eigenvalue weighted by molar-refractivity contribution is 0.290. The van der Waals surface area contributed by atoms with E-state index in [2.05, 4.69) is 12.0 Å². The highest BCUT2D eigenvalue weighted by Gasteiger charge is 2.01. The summed E-state index contributed by atoms with van der Waals surface area (Å²) in [5, 5.41) is 3.93. The summed E-state index contributed by atoms with van der Waals surface area (Å²) in [6.45, 7) is 2.76. The predicted octanol–water partition coefficient (Wildman–Crippen LogP) is 0.791. The largest absolute Gasteiger partial charge is 0.478 e. The summed E-state index contributed by atoms with van der Waals surface area (Å²) < 4.78 is 6.96. The summed E-state index contributed by atoms with van der Waals surface area (Å²) in [7, 11) is 1.81. The van der Waals surface area contributed by atoms with Crippen LogP contribution in [0.1, 0.15) is 13.3 Å². The van der Waals surface area contributed by atoms with Crippen molar-refractivity contribution in [1.29, 1.82) is 0 Å². The van der Waals surface area contributed by atoms with Crippen LogP contribution in [0.2, 0.25) is 0 Å². The van der Waals surface area contributed by atoms with E-state index in [0.29, 0.717) is 12.4 Å². The second-order valence-corrected chi connectivity index (χ2v) is 2.38. The standard InChI is InChI=1S/C7H13N3O/c1-3-4-11-7-5-6(8)9-10(7)2/h5H,3-4H2,1-2H3,(H2,8,9). The van der Waals surface area contributed by atoms with Gasteiger partial charge in [-0.25, -0.2) is 4.68 Å². The van der Waals surface area contributed by atoms with Gasteiger partial charge in [0.25, 0.3) is 0 Å². The van der Waals surface area contributed by atoms with E-state index in [9.17, 15) is 0 Å². The number of aryl methyl sites for hydroxylation is 1. The van der Waals surface area contributed by atoms with Gasteiger partial charge < -0.3 is 10.5 Å². The molecule has 62 valence electrons. The Morgan fingerprint density at radius 3 is 2.91 bits per heavy atom. The van der Waals surface area contributed by atoms with Gasteiger partial charge in [-0.1, -0.05) is 6.92 Å². The van der Waals surface area contributed by atoms with E-state index >= 15 is 0 Å². The third-order valence-electron chi connectivity index (χ3n) is 1.31. The third-order valence-corrected chi connectivity index (χ3v) is 1.31. The number of nitrogen functional groups attached to an aromatic ring is 1. The Morgan fingerprint density at radius 1 is 1.73 bits per heavy atom. The van der Waals surface area contributed by atoms with Crippen molar-refractivity contribution in [3.63, 3.8) is 0 Å². The monoisotopic (exact) mass is 155 g/mol. The van der Waals surface area contributed by atoms with Gasteiger partial charge in [0, 0.05) is 13.1 Å². The molecule has 0 aliphatic carbocycles. The van der Waals surface area contributed by atoms with Gasteiger partial charge >= 0.3 is 0 Å². The minimum Gasteiger partial charge on any atom is -0.478 e. The van der Waals surface area contributed by atoms with E-state index in [1.54, 1.807) is 17.8 Å². The molecule has 1 heterocycles. The van der Waals surface area contributed by atoms with Crippen LogP contribution < -0.4 is 10.5 Å². The van der Waals surface area contributed by atoms with Crippen molar-refractivity contribution in [3.05, 3.63) is 6.07 Å². The van der Waals surface area contributed by atoms with Crippen molar-refractivity contribution in [2.45, 2.75) is 13.3 Å². The quantitative estimate of drug-likeness (QED) is 0.702. The van der Waals surface area contributed by atoms with E-state index in [4.69, 9.17) is 10.5 Å². The molecule has 0 fully saturated rings. The Bertz CT molecular complexity index is 232. The number of hydrogen-bond acceptors (Lipinski definition) is 3. The molecule has 11 heavy (non-hydrogen) atoms. The minimum absolute atomic E-state index is 0.499. The molecule has 1 aromatic heterocycles. The van der Waals surface area contributed by atoms with E-state index in [1.165, 1.54) is 0 Å². The molecule has 4 heteroatoms. The topological polar surface area (TPSA) is 53.1 Å². The number of anilines is 1. The van der Waals surface area contributed by atoms with Crippen LogP contribution >= 0.6 is 0 Å². The van der Waals surface area contributed by atoms with Gasteiger partial charge in [-0.3, -0.25) is 0 Å². The van der Waals surface area contributed by atoms with Crippen LogP contribution in [-0.4, -0.2) is 16.4 Å². The highest BCUT2D eigenvalue weighted by molar-refractivity contribution is 5.32. The van der Waals surface area contributed by atoms with Crippen molar-refractivity contribution in [2.24, 2.45) is 7.05 Å². The van der Waals surface area contributed by atoms with Crippen molar-refractivity contribution in [1.82, 2.24) is 9.78 Å². The fraction of sp³-hybridized carbons (Fsp3) is 0.571. The zero-order chi connectivity index (χ0) is 8.27. The molecule has 0 spiro atoms. The van der Waals surface area contributed by atoms with Crippen LogP contribution in [0.25, 0.3) is 0 Å². The first-order valence-corrected chi connectivity index (χ1v) is 3.66. The van der Waals surface area contributed by atoms with Gasteiger partial charge in [-0.15, -0.1) is 0 Å². The maximum atomic E-state index is 5.44. The third kappa shape index (κ3) is 1.86. The molecule has 0 aliphatic heterocycles. The Hall–Kier alpha value is -1.19. The second-order valence-electron chi connectivity index (χ2n) is 2.38. The molecule has 0 amide bonds. The van der Waals surface area contributed by atoms with Crippen molar-refractivity contribution in [2.75, 3.05) is 12.3 Å². The summed E-state index contributed by atoms with van der Waals surface area (Å²) in [5.41, 5.74) is 5.44. The van der Waals surface area contributed by atoms with Crippen LogP contribution in [0.5, 0.6) is 5.88 Å². The maximum Gasteiger partial charge on any atom is 0.213 e. The van der Waals surface area contributed by atoms with Gasteiger partial charge in [0.15, 0.2) is 0 Å². The molecule has 1 aromatic rings. The lowest BCUT2D eigenvalue weighted by Gasteiger charge is -2.01. The molecule has 1 rings (SSSR count). The summed E-state index contributed by atoms with van der Waals surface area (Å²) in [6.07, 6.45) is 0.991. The molecule has 0 unspecified atom stereocenters. The summed E-state index contributed by atoms with van der Waals surface area (Å²) in [6, 6.07) is 1.72. The molecule has 0 aliphatic rings. The van der Waals surface area contributed by atoms with Gasteiger partial charge in [0.1, 0.15) is 5.82 Å². The molecule has 0 aromatic carbocycles. The molecular formula is C7H13N3O. The van der Waals surface area contributed by atoms with E-state index in [1.807, 2.05) is 0 Å². The number of nitrogens with two attached hydrogens (primary N) is 1. The highest BCUT2D eigenvalue weighted by Crippen LogP contribution is 2.12. The number of rotatable bonds is 3. The highest BCUT2D eigenvalue weighted by atomic mass is 16.5. The average Bonchev–Trinajstić information content (AvgIpc) is 2.26. The summed E-state index contributed by atoms with van der Waals surface area (Å²) in [5.74, 6) is 1.22. The first-order chi connectivity index (χ1) is 5.24. The van der Waals surface area contributed by atoms with E-state index < -0.39 is 0 Å². The van der Waals surface area contributed by atoms with Crippen molar-refractivity contribution < 1.29 is 4.74 Å². The number of nitrogens with zero attached hydrogens (tertiary/aromatic N) is 2. The molecule has 0 bridgehead atoms. The average molecular weight is 155 g/mol. The van der Waals surface area contributed by atoms with Gasteiger partial charge in [0.2, 0.25) is 5.88 Å². The van der Waals surface area contributed by atoms with Crippen LogP contribution in [-0.2, 0) is 7.05 Å². The fourth-order valence-corrected chi connectivity index (χ4v) is 0.813. The normalized spacial score (nSPS) is 10.0. The van der Waals surface area contributed by atoms with Crippen LogP contribution in [0.4, 0.5) is 5.82 Å². The van der Waals surface area contributed by atoms with Crippen molar-refractivity contribution in [3.8, 4) is 5.88 Å². The number of ether oxygens (including phenoxy) is 1. The van der Waals surface area contributed by atoms with Crippen LogP contribution in [0.3, 0.4) is 0 Å². The van der Waals surface area contributed by atoms with Crippen molar-refractivity contribution >= 4 is 5.82 Å². The Morgan fingerprint density at radius 2 is 2.45 bits per heavy atom.